The van der Waals surface area contributed by atoms with Crippen LogP contribution in [0, 0.1) is 6.92 Å². The number of aryl methyl sites for hydroxylation is 1. The smallest absolute Gasteiger partial charge is 0.138 e. The van der Waals surface area contributed by atoms with Crippen LogP contribution in [0.15, 0.2) is 24.3 Å². The van der Waals surface area contributed by atoms with Crippen molar-refractivity contribution in [1.29, 1.82) is 0 Å². The Kier molecular flexibility index (Phi) is 4.04. The third-order valence-electron chi connectivity index (χ3n) is 2.52. The Morgan fingerprint density at radius 3 is 2.20 bits per heavy atom. The minimum absolute atomic E-state index is 0.000556. The Bertz CT molecular complexity index is 327. The molecule has 1 rings (SSSR count). The molecule has 15 heavy (non-hydrogen) atoms. The van der Waals surface area contributed by atoms with Crippen LogP contribution in [0.3, 0.4) is 0 Å². The number of ketones is 1. The molecule has 0 spiro atoms. The van der Waals surface area contributed by atoms with Gasteiger partial charge in [0, 0.05) is 6.54 Å². The molecule has 0 N–H and O–H groups in total. The fourth-order valence-electron chi connectivity index (χ4n) is 1.63. The van der Waals surface area contributed by atoms with Crippen LogP contribution in [-0.4, -0.2) is 31.3 Å². The lowest BCUT2D eigenvalue weighted by molar-refractivity contribution is -0.118. The van der Waals surface area contributed by atoms with Crippen molar-refractivity contribution in [3.8, 4) is 0 Å². The molecule has 0 aliphatic carbocycles. The van der Waals surface area contributed by atoms with Crippen LogP contribution in [0.4, 0.5) is 0 Å². The third-order valence-corrected chi connectivity index (χ3v) is 2.52. The number of carbonyl (C=O) groups excluding carboxylic acids is 1. The molecule has 1 atom stereocenters. The molecule has 0 heterocycles. The molecule has 0 aliphatic rings. The second-order valence-corrected chi connectivity index (χ2v) is 4.34. The average molecular weight is 205 g/mol. The van der Waals surface area contributed by atoms with E-state index >= 15 is 0 Å². The van der Waals surface area contributed by atoms with Crippen LogP contribution in [0.25, 0.3) is 0 Å². The number of nitrogens with zero attached hydrogens (tertiary/aromatic N) is 1. The largest absolute Gasteiger partial charge is 0.308 e. The van der Waals surface area contributed by atoms with Crippen LogP contribution < -0.4 is 0 Å². The molecule has 0 saturated carbocycles. The first-order valence-corrected chi connectivity index (χ1v) is 5.22. The van der Waals surface area contributed by atoms with E-state index in [-0.39, 0.29) is 11.7 Å². The average Bonchev–Trinajstić information content (AvgIpc) is 2.15. The van der Waals surface area contributed by atoms with E-state index in [1.807, 2.05) is 31.1 Å². The summed E-state index contributed by atoms with van der Waals surface area (Å²) < 4.78 is 0. The van der Waals surface area contributed by atoms with Gasteiger partial charge >= 0.3 is 0 Å². The zero-order valence-electron chi connectivity index (χ0n) is 9.95. The van der Waals surface area contributed by atoms with Crippen LogP contribution in [0.2, 0.25) is 0 Å². The molecule has 82 valence electrons. The van der Waals surface area contributed by atoms with Gasteiger partial charge in [-0.15, -0.1) is 0 Å². The Morgan fingerprint density at radius 2 is 1.80 bits per heavy atom. The van der Waals surface area contributed by atoms with E-state index in [1.165, 1.54) is 5.56 Å². The van der Waals surface area contributed by atoms with E-state index in [4.69, 9.17) is 0 Å². The van der Waals surface area contributed by atoms with Gasteiger partial charge < -0.3 is 4.90 Å². The summed E-state index contributed by atoms with van der Waals surface area (Å²) >= 11 is 0. The molecular weight excluding hydrogens is 186 g/mol. The number of likely N-dealkylation sites (N-methyl/N-ethyl adjacent to an activating group) is 1. The highest BCUT2D eigenvalue weighted by Crippen LogP contribution is 2.18. The number of hydrogen-bond acceptors (Lipinski definition) is 2. The van der Waals surface area contributed by atoms with Crippen LogP contribution >= 0.6 is 0 Å². The van der Waals surface area contributed by atoms with Crippen molar-refractivity contribution in [2.75, 3.05) is 20.6 Å². The summed E-state index contributed by atoms with van der Waals surface area (Å²) in [6.45, 7) is 4.49. The molecule has 1 unspecified atom stereocenters. The number of Topliss-reactive ketones (excluding diaryl/α,β-unsaturated/α-hetero) is 1. The molecule has 1 aromatic rings. The van der Waals surface area contributed by atoms with Crippen molar-refractivity contribution in [2.24, 2.45) is 0 Å². The van der Waals surface area contributed by atoms with Crippen molar-refractivity contribution in [3.05, 3.63) is 35.4 Å². The minimum Gasteiger partial charge on any atom is -0.308 e. The summed E-state index contributed by atoms with van der Waals surface area (Å²) in [4.78, 5) is 13.6. The summed E-state index contributed by atoms with van der Waals surface area (Å²) in [5.74, 6) is 0.230. The van der Waals surface area contributed by atoms with E-state index in [0.717, 1.165) is 12.1 Å². The highest BCUT2D eigenvalue weighted by atomic mass is 16.1. The molecule has 2 heteroatoms. The summed E-state index contributed by atoms with van der Waals surface area (Å²) in [7, 11) is 3.98. The zero-order chi connectivity index (χ0) is 11.4. The minimum atomic E-state index is 0.000556. The Hall–Kier alpha value is -1.15. The van der Waals surface area contributed by atoms with E-state index in [0.29, 0.717) is 0 Å². The van der Waals surface area contributed by atoms with Gasteiger partial charge in [-0.2, -0.15) is 0 Å². The summed E-state index contributed by atoms with van der Waals surface area (Å²) in [5.41, 5.74) is 2.34. The SMILES string of the molecule is CC(=O)C(CN(C)C)c1ccc(C)cc1. The van der Waals surface area contributed by atoms with Gasteiger partial charge in [0.15, 0.2) is 0 Å². The lowest BCUT2D eigenvalue weighted by Gasteiger charge is -2.19. The van der Waals surface area contributed by atoms with Crippen LogP contribution in [0.1, 0.15) is 24.0 Å². The van der Waals surface area contributed by atoms with Gasteiger partial charge in [0.1, 0.15) is 5.78 Å². The molecule has 1 aromatic carbocycles. The number of hydrogen-bond donors (Lipinski definition) is 0. The number of rotatable bonds is 4. The van der Waals surface area contributed by atoms with Crippen LogP contribution in [0.5, 0.6) is 0 Å². The van der Waals surface area contributed by atoms with Crippen molar-refractivity contribution in [1.82, 2.24) is 4.90 Å². The Labute approximate surface area is 91.9 Å². The lowest BCUT2D eigenvalue weighted by atomic mass is 9.94. The van der Waals surface area contributed by atoms with Crippen LogP contribution in [-0.2, 0) is 4.79 Å². The molecule has 0 aromatic heterocycles. The summed E-state index contributed by atoms with van der Waals surface area (Å²) in [5, 5.41) is 0. The van der Waals surface area contributed by atoms with E-state index in [9.17, 15) is 4.79 Å². The topological polar surface area (TPSA) is 20.3 Å². The van der Waals surface area contributed by atoms with Crippen molar-refractivity contribution < 1.29 is 4.79 Å². The highest BCUT2D eigenvalue weighted by Gasteiger charge is 2.16. The van der Waals surface area contributed by atoms with Gasteiger partial charge in [-0.05, 0) is 33.5 Å². The van der Waals surface area contributed by atoms with Gasteiger partial charge in [-0.25, -0.2) is 0 Å². The van der Waals surface area contributed by atoms with Crippen molar-refractivity contribution in [2.45, 2.75) is 19.8 Å². The van der Waals surface area contributed by atoms with Crippen molar-refractivity contribution >= 4 is 5.78 Å². The van der Waals surface area contributed by atoms with Gasteiger partial charge in [0.2, 0.25) is 0 Å². The quantitative estimate of drug-likeness (QED) is 0.751. The standard InChI is InChI=1S/C13H19NO/c1-10-5-7-12(8-6-10)13(11(2)15)9-14(3)4/h5-8,13H,9H2,1-4H3. The maximum atomic E-state index is 11.5. The summed E-state index contributed by atoms with van der Waals surface area (Å²) in [6, 6.07) is 8.21. The predicted molar refractivity (Wildman–Crippen MR) is 63.2 cm³/mol. The molecule has 0 saturated heterocycles. The molecule has 0 bridgehead atoms. The maximum Gasteiger partial charge on any atom is 0.138 e. The van der Waals surface area contributed by atoms with Gasteiger partial charge in [-0.1, -0.05) is 29.8 Å². The van der Waals surface area contributed by atoms with E-state index < -0.39 is 0 Å². The Morgan fingerprint density at radius 1 is 1.27 bits per heavy atom. The first-order valence-electron chi connectivity index (χ1n) is 5.22. The van der Waals surface area contributed by atoms with Crippen molar-refractivity contribution in [3.63, 3.8) is 0 Å². The molecule has 0 radical (unpaired) electrons. The fourth-order valence-corrected chi connectivity index (χ4v) is 1.63. The van der Waals surface area contributed by atoms with E-state index in [1.54, 1.807) is 6.92 Å². The zero-order valence-corrected chi connectivity index (χ0v) is 9.95. The molecule has 0 aliphatic heterocycles. The molecule has 2 nitrogen and oxygen atoms in total. The first-order chi connectivity index (χ1) is 7.00. The monoisotopic (exact) mass is 205 g/mol. The van der Waals surface area contributed by atoms with Gasteiger partial charge in [-0.3, -0.25) is 4.79 Å². The predicted octanol–water partition coefficient (Wildman–Crippen LogP) is 2.23. The number of benzene rings is 1. The lowest BCUT2D eigenvalue weighted by Crippen LogP contribution is -2.24. The molecular formula is C13H19NO. The third kappa shape index (κ3) is 3.48. The second-order valence-electron chi connectivity index (χ2n) is 4.34. The Balaban J connectivity index is 2.89. The highest BCUT2D eigenvalue weighted by molar-refractivity contribution is 5.83. The maximum absolute atomic E-state index is 11.5. The first kappa shape index (κ1) is 11.9. The fraction of sp³-hybridized carbons (Fsp3) is 0.462. The summed E-state index contributed by atoms with van der Waals surface area (Å²) in [6.07, 6.45) is 0. The normalized spacial score (nSPS) is 12.9. The van der Waals surface area contributed by atoms with Gasteiger partial charge in [0.25, 0.3) is 0 Å². The number of carbonyl (C=O) groups is 1. The van der Waals surface area contributed by atoms with E-state index in [2.05, 4.69) is 19.1 Å². The molecule has 0 fully saturated rings. The second kappa shape index (κ2) is 5.08. The van der Waals surface area contributed by atoms with Gasteiger partial charge in [0.05, 0.1) is 5.92 Å². The molecule has 0 amide bonds.